The van der Waals surface area contributed by atoms with Crippen LogP contribution in [0.3, 0.4) is 0 Å². The van der Waals surface area contributed by atoms with Crippen LogP contribution in [0.2, 0.25) is 0 Å². The minimum atomic E-state index is -0.618. The Morgan fingerprint density at radius 1 is 1.19 bits per heavy atom. The van der Waals surface area contributed by atoms with Crippen LogP contribution in [0, 0.1) is 13.8 Å². The highest BCUT2D eigenvalue weighted by atomic mass is 32.2. The molecule has 2 amide bonds. The van der Waals surface area contributed by atoms with E-state index >= 15 is 0 Å². The highest BCUT2D eigenvalue weighted by Gasteiger charge is 2.24. The first-order valence-corrected chi connectivity index (χ1v) is 9.38. The molecule has 1 unspecified atom stereocenters. The fraction of sp³-hybridized carbons (Fsp3) is 0.250. The number of amides is 2. The van der Waals surface area contributed by atoms with Crippen molar-refractivity contribution in [3.8, 4) is 0 Å². The van der Waals surface area contributed by atoms with Gasteiger partial charge in [0.2, 0.25) is 5.91 Å². The van der Waals surface area contributed by atoms with Crippen LogP contribution in [-0.2, 0) is 14.3 Å². The van der Waals surface area contributed by atoms with Crippen LogP contribution in [-0.4, -0.2) is 29.6 Å². The Morgan fingerprint density at radius 2 is 1.89 bits per heavy atom. The molecule has 140 valence electrons. The van der Waals surface area contributed by atoms with Gasteiger partial charge in [0, 0.05) is 10.6 Å². The molecule has 0 saturated heterocycles. The second kappa shape index (κ2) is 7.84. The van der Waals surface area contributed by atoms with Crippen molar-refractivity contribution in [2.75, 3.05) is 17.2 Å². The molecular formula is C20H20N2O4S. The number of carbonyl (C=O) groups is 3. The van der Waals surface area contributed by atoms with Crippen molar-refractivity contribution in [3.05, 3.63) is 53.1 Å². The topological polar surface area (TPSA) is 84.5 Å². The number of ether oxygens (including phenoxy) is 1. The van der Waals surface area contributed by atoms with E-state index < -0.39 is 11.9 Å². The SMILES string of the molecule is Cc1cccc(C)c1NC(=O)COC(=O)c1ccc2c(c1)NC(=O)C(C)S2. The Hall–Kier alpha value is -2.80. The van der Waals surface area contributed by atoms with E-state index in [0.29, 0.717) is 5.69 Å². The van der Waals surface area contributed by atoms with Gasteiger partial charge in [-0.2, -0.15) is 0 Å². The number of benzene rings is 2. The van der Waals surface area contributed by atoms with Gasteiger partial charge in [0.25, 0.3) is 5.91 Å². The average Bonchev–Trinajstić information content (AvgIpc) is 2.63. The number of rotatable bonds is 4. The summed E-state index contributed by atoms with van der Waals surface area (Å²) >= 11 is 1.43. The number of hydrogen-bond donors (Lipinski definition) is 2. The number of esters is 1. The third kappa shape index (κ3) is 4.31. The zero-order valence-electron chi connectivity index (χ0n) is 15.3. The molecule has 27 heavy (non-hydrogen) atoms. The standard InChI is InChI=1S/C20H20N2O4S/c1-11-5-4-6-12(2)18(11)22-17(23)10-26-20(25)14-7-8-16-15(9-14)21-19(24)13(3)27-16/h4-9,13H,10H2,1-3H3,(H,21,24)(H,22,23). The maximum absolute atomic E-state index is 12.2. The molecule has 0 aromatic heterocycles. The van der Waals surface area contributed by atoms with E-state index in [1.165, 1.54) is 11.8 Å². The maximum atomic E-state index is 12.2. The molecule has 2 aromatic rings. The van der Waals surface area contributed by atoms with Crippen LogP contribution in [0.15, 0.2) is 41.3 Å². The fourth-order valence-corrected chi connectivity index (χ4v) is 3.67. The molecule has 0 radical (unpaired) electrons. The van der Waals surface area contributed by atoms with E-state index in [1.54, 1.807) is 18.2 Å². The van der Waals surface area contributed by atoms with Crippen molar-refractivity contribution >= 4 is 40.9 Å². The molecule has 1 atom stereocenters. The molecule has 0 spiro atoms. The second-order valence-corrected chi connectivity index (χ2v) is 7.73. The summed E-state index contributed by atoms with van der Waals surface area (Å²) in [5.41, 5.74) is 3.46. The summed E-state index contributed by atoms with van der Waals surface area (Å²) in [6.07, 6.45) is 0. The van der Waals surface area contributed by atoms with Gasteiger partial charge in [0.05, 0.1) is 16.5 Å². The van der Waals surface area contributed by atoms with Crippen LogP contribution in [0.1, 0.15) is 28.4 Å². The number of anilines is 2. The Labute approximate surface area is 161 Å². The summed E-state index contributed by atoms with van der Waals surface area (Å²) in [5, 5.41) is 5.36. The normalized spacial score (nSPS) is 15.5. The minimum Gasteiger partial charge on any atom is -0.452 e. The summed E-state index contributed by atoms with van der Waals surface area (Å²) in [4.78, 5) is 37.0. The van der Waals surface area contributed by atoms with Gasteiger partial charge in [-0.3, -0.25) is 9.59 Å². The van der Waals surface area contributed by atoms with Crippen molar-refractivity contribution in [2.24, 2.45) is 0 Å². The van der Waals surface area contributed by atoms with Gasteiger partial charge in [-0.15, -0.1) is 11.8 Å². The number of hydrogen-bond acceptors (Lipinski definition) is 5. The molecule has 3 rings (SSSR count). The molecule has 0 fully saturated rings. The molecule has 0 aliphatic carbocycles. The lowest BCUT2D eigenvalue weighted by molar-refractivity contribution is -0.119. The molecular weight excluding hydrogens is 364 g/mol. The first-order valence-electron chi connectivity index (χ1n) is 8.50. The number of thioether (sulfide) groups is 1. The van der Waals surface area contributed by atoms with Crippen LogP contribution in [0.5, 0.6) is 0 Å². The fourth-order valence-electron chi connectivity index (χ4n) is 2.74. The lowest BCUT2D eigenvalue weighted by atomic mass is 10.1. The molecule has 2 N–H and O–H groups in total. The van der Waals surface area contributed by atoms with E-state index in [2.05, 4.69) is 10.6 Å². The van der Waals surface area contributed by atoms with E-state index in [4.69, 9.17) is 4.74 Å². The lowest BCUT2D eigenvalue weighted by Gasteiger charge is -2.21. The smallest absolute Gasteiger partial charge is 0.338 e. The summed E-state index contributed by atoms with van der Waals surface area (Å²) in [7, 11) is 0. The van der Waals surface area contributed by atoms with Gasteiger partial charge in [-0.1, -0.05) is 18.2 Å². The van der Waals surface area contributed by atoms with Gasteiger partial charge in [0.1, 0.15) is 0 Å². The highest BCUT2D eigenvalue weighted by molar-refractivity contribution is 8.00. The maximum Gasteiger partial charge on any atom is 0.338 e. The van der Waals surface area contributed by atoms with E-state index in [1.807, 2.05) is 39.0 Å². The number of nitrogens with one attached hydrogen (secondary N) is 2. The molecule has 0 bridgehead atoms. The summed E-state index contributed by atoms with van der Waals surface area (Å²) < 4.78 is 5.11. The highest BCUT2D eigenvalue weighted by Crippen LogP contribution is 2.36. The zero-order valence-corrected chi connectivity index (χ0v) is 16.1. The monoisotopic (exact) mass is 384 g/mol. The first-order chi connectivity index (χ1) is 12.8. The van der Waals surface area contributed by atoms with Gasteiger partial charge >= 0.3 is 5.97 Å². The van der Waals surface area contributed by atoms with Crippen molar-refractivity contribution in [3.63, 3.8) is 0 Å². The van der Waals surface area contributed by atoms with Crippen molar-refractivity contribution in [2.45, 2.75) is 30.9 Å². The summed E-state index contributed by atoms with van der Waals surface area (Å²) in [6, 6.07) is 10.7. The third-order valence-electron chi connectivity index (χ3n) is 4.23. The zero-order chi connectivity index (χ0) is 19.6. The first kappa shape index (κ1) is 19.0. The van der Waals surface area contributed by atoms with Crippen LogP contribution < -0.4 is 10.6 Å². The summed E-state index contributed by atoms with van der Waals surface area (Å²) in [6.45, 7) is 5.23. The van der Waals surface area contributed by atoms with Crippen LogP contribution >= 0.6 is 11.8 Å². The lowest BCUT2D eigenvalue weighted by Crippen LogP contribution is -2.26. The predicted molar refractivity (Wildman–Crippen MR) is 105 cm³/mol. The van der Waals surface area contributed by atoms with Crippen molar-refractivity contribution in [1.82, 2.24) is 0 Å². The van der Waals surface area contributed by atoms with E-state index in [0.717, 1.165) is 21.7 Å². The third-order valence-corrected chi connectivity index (χ3v) is 5.40. The Kier molecular flexibility index (Phi) is 5.51. The van der Waals surface area contributed by atoms with Crippen LogP contribution in [0.4, 0.5) is 11.4 Å². The van der Waals surface area contributed by atoms with E-state index in [-0.39, 0.29) is 23.3 Å². The van der Waals surface area contributed by atoms with Gasteiger partial charge in [-0.05, 0) is 50.1 Å². The van der Waals surface area contributed by atoms with Gasteiger partial charge < -0.3 is 15.4 Å². The minimum absolute atomic E-state index is 0.106. The van der Waals surface area contributed by atoms with E-state index in [9.17, 15) is 14.4 Å². The molecule has 1 aliphatic heterocycles. The number of para-hydroxylation sites is 1. The van der Waals surface area contributed by atoms with Crippen molar-refractivity contribution < 1.29 is 19.1 Å². The van der Waals surface area contributed by atoms with Gasteiger partial charge in [0.15, 0.2) is 6.61 Å². The number of fused-ring (bicyclic) bond motifs is 1. The Morgan fingerprint density at radius 3 is 2.59 bits per heavy atom. The predicted octanol–water partition coefficient (Wildman–Crippen LogP) is 3.53. The Balaban J connectivity index is 1.62. The largest absolute Gasteiger partial charge is 0.452 e. The van der Waals surface area contributed by atoms with Crippen LogP contribution in [0.25, 0.3) is 0 Å². The molecule has 1 heterocycles. The molecule has 1 aliphatic rings. The molecule has 6 nitrogen and oxygen atoms in total. The molecule has 2 aromatic carbocycles. The van der Waals surface area contributed by atoms with Gasteiger partial charge in [-0.25, -0.2) is 4.79 Å². The second-order valence-electron chi connectivity index (χ2n) is 6.35. The molecule has 0 saturated carbocycles. The number of aryl methyl sites for hydroxylation is 2. The summed E-state index contributed by atoms with van der Waals surface area (Å²) in [5.74, 6) is -1.13. The van der Waals surface area contributed by atoms with Crippen molar-refractivity contribution in [1.29, 1.82) is 0 Å². The average molecular weight is 384 g/mol. The Bertz CT molecular complexity index is 906. The molecule has 7 heteroatoms. The number of carbonyl (C=O) groups excluding carboxylic acids is 3. The quantitative estimate of drug-likeness (QED) is 0.788.